The molecule has 0 unspecified atom stereocenters. The average molecular weight is 530 g/mol. The van der Waals surface area contributed by atoms with Crippen molar-refractivity contribution in [2.75, 3.05) is 39.3 Å². The fraction of sp³-hybridized carbons (Fsp3) is 0.952. The van der Waals surface area contributed by atoms with Crippen molar-refractivity contribution in [1.82, 2.24) is 15.5 Å². The third-order valence-corrected chi connectivity index (χ3v) is 5.65. The van der Waals surface area contributed by atoms with Crippen LogP contribution in [0.3, 0.4) is 0 Å². The van der Waals surface area contributed by atoms with Crippen molar-refractivity contribution in [3.05, 3.63) is 0 Å². The molecule has 0 amide bonds. The number of ether oxygens (including phenoxy) is 1. The van der Waals surface area contributed by atoms with Gasteiger partial charge in [0.2, 0.25) is 0 Å². The maximum atomic E-state index is 12.5. The van der Waals surface area contributed by atoms with Crippen LogP contribution in [-0.4, -0.2) is 68.8 Å². The predicted molar refractivity (Wildman–Crippen MR) is 127 cm³/mol. The molecule has 0 spiro atoms. The van der Waals surface area contributed by atoms with Crippen LogP contribution < -0.4 is 10.6 Å². The van der Waals surface area contributed by atoms with E-state index in [1.165, 1.54) is 38.5 Å². The molecule has 0 radical (unpaired) electrons. The maximum Gasteiger partial charge on any atom is 0.251 e. The van der Waals surface area contributed by atoms with Crippen LogP contribution in [0.1, 0.15) is 71.1 Å². The number of aliphatic imine (C=N–C) groups is 1. The Morgan fingerprint density at radius 3 is 2.38 bits per heavy atom. The Bertz CT molecular complexity index is 427. The Kier molecular flexibility index (Phi) is 15.2. The Labute approximate surface area is 192 Å². The summed E-state index contributed by atoms with van der Waals surface area (Å²) in [6.07, 6.45) is 9.86. The Balaban J connectivity index is 0.00000420. The van der Waals surface area contributed by atoms with E-state index < -0.39 is 6.43 Å². The zero-order chi connectivity index (χ0) is 20.0. The van der Waals surface area contributed by atoms with Crippen molar-refractivity contribution < 1.29 is 13.5 Å². The highest BCUT2D eigenvalue weighted by molar-refractivity contribution is 14.0. The quantitative estimate of drug-likeness (QED) is 0.145. The minimum atomic E-state index is -2.24. The number of nitrogens with zero attached hydrogens (tertiary/aromatic N) is 2. The third-order valence-electron chi connectivity index (χ3n) is 5.65. The Morgan fingerprint density at radius 2 is 1.76 bits per heavy atom. The molecule has 2 rings (SSSR count). The second kappa shape index (κ2) is 16.5. The molecular weight excluding hydrogens is 489 g/mol. The van der Waals surface area contributed by atoms with Gasteiger partial charge in [-0.1, -0.05) is 25.7 Å². The van der Waals surface area contributed by atoms with E-state index in [2.05, 4.69) is 22.5 Å². The fourth-order valence-electron chi connectivity index (χ4n) is 4.03. The van der Waals surface area contributed by atoms with E-state index in [1.54, 1.807) is 0 Å². The van der Waals surface area contributed by atoms with Gasteiger partial charge in [0.1, 0.15) is 0 Å². The molecule has 1 heterocycles. The van der Waals surface area contributed by atoms with E-state index in [1.807, 2.05) is 4.90 Å². The second-order valence-corrected chi connectivity index (χ2v) is 8.06. The van der Waals surface area contributed by atoms with Crippen molar-refractivity contribution in [2.24, 2.45) is 4.99 Å². The monoisotopic (exact) mass is 530 g/mol. The summed E-state index contributed by atoms with van der Waals surface area (Å²) in [7, 11) is 0. The summed E-state index contributed by atoms with van der Waals surface area (Å²) < 4.78 is 31.0. The number of hydrogen-bond donors (Lipinski definition) is 2. The lowest BCUT2D eigenvalue weighted by Crippen LogP contribution is -2.49. The van der Waals surface area contributed by atoms with E-state index in [0.717, 1.165) is 64.4 Å². The van der Waals surface area contributed by atoms with Crippen LogP contribution in [0.2, 0.25) is 0 Å². The van der Waals surface area contributed by atoms with Gasteiger partial charge in [-0.15, -0.1) is 24.0 Å². The van der Waals surface area contributed by atoms with E-state index in [4.69, 9.17) is 4.74 Å². The van der Waals surface area contributed by atoms with Crippen LogP contribution >= 0.6 is 24.0 Å². The number of unbranched alkanes of at least 4 members (excludes halogenated alkanes) is 1. The molecule has 1 aliphatic heterocycles. The molecule has 2 aliphatic rings. The van der Waals surface area contributed by atoms with E-state index in [9.17, 15) is 8.78 Å². The largest absolute Gasteiger partial charge is 0.378 e. The summed E-state index contributed by atoms with van der Waals surface area (Å²) >= 11 is 0. The number of likely N-dealkylation sites (tertiary alicyclic amines) is 1. The second-order valence-electron chi connectivity index (χ2n) is 8.06. The summed E-state index contributed by atoms with van der Waals surface area (Å²) in [6.45, 7) is 5.84. The Hall–Kier alpha value is -0.220. The molecule has 5 nitrogen and oxygen atoms in total. The molecule has 172 valence electrons. The molecule has 0 aromatic rings. The molecule has 1 saturated carbocycles. The predicted octanol–water partition coefficient (Wildman–Crippen LogP) is 4.41. The Morgan fingerprint density at radius 1 is 1.07 bits per heavy atom. The van der Waals surface area contributed by atoms with Crippen LogP contribution in [0.15, 0.2) is 4.99 Å². The lowest BCUT2D eigenvalue weighted by molar-refractivity contribution is 0.0413. The highest BCUT2D eigenvalue weighted by Gasteiger charge is 2.21. The number of nitrogens with one attached hydrogen (secondary N) is 2. The minimum Gasteiger partial charge on any atom is -0.378 e. The molecule has 2 N–H and O–H groups in total. The number of halogens is 3. The summed E-state index contributed by atoms with van der Waals surface area (Å²) in [4.78, 5) is 6.53. The first-order chi connectivity index (χ1) is 13.7. The summed E-state index contributed by atoms with van der Waals surface area (Å²) in [5, 5.41) is 6.77. The summed E-state index contributed by atoms with van der Waals surface area (Å²) in [6, 6.07) is 0.310. The molecule has 2 fully saturated rings. The smallest absolute Gasteiger partial charge is 0.251 e. The van der Waals surface area contributed by atoms with Crippen LogP contribution in [0.4, 0.5) is 8.78 Å². The topological polar surface area (TPSA) is 48.9 Å². The summed E-state index contributed by atoms with van der Waals surface area (Å²) in [5.74, 6) is 0.847. The van der Waals surface area contributed by atoms with Crippen molar-refractivity contribution >= 4 is 29.9 Å². The lowest BCUT2D eigenvalue weighted by Gasteiger charge is -2.32. The van der Waals surface area contributed by atoms with Crippen LogP contribution in [-0.2, 0) is 4.74 Å². The third kappa shape index (κ3) is 12.3. The number of alkyl halides is 2. The molecule has 0 aromatic heterocycles. The zero-order valence-corrected chi connectivity index (χ0v) is 20.3. The first-order valence-corrected chi connectivity index (χ1v) is 11.3. The van der Waals surface area contributed by atoms with Crippen LogP contribution in [0.5, 0.6) is 0 Å². The molecule has 29 heavy (non-hydrogen) atoms. The SMILES string of the molecule is CCNC(=NCCCCOC1CCCCCC1)NC1CCN(CC(F)F)CC1.I. The van der Waals surface area contributed by atoms with Crippen molar-refractivity contribution in [3.8, 4) is 0 Å². The number of hydrogen-bond acceptors (Lipinski definition) is 3. The van der Waals surface area contributed by atoms with Crippen LogP contribution in [0.25, 0.3) is 0 Å². The normalized spacial score (nSPS) is 20.3. The van der Waals surface area contributed by atoms with Crippen molar-refractivity contribution in [3.63, 3.8) is 0 Å². The first kappa shape index (κ1) is 26.8. The molecule has 1 aliphatic carbocycles. The highest BCUT2D eigenvalue weighted by Crippen LogP contribution is 2.20. The fourth-order valence-corrected chi connectivity index (χ4v) is 4.03. The van der Waals surface area contributed by atoms with E-state index in [0.29, 0.717) is 12.1 Å². The molecule has 8 heteroatoms. The van der Waals surface area contributed by atoms with Gasteiger partial charge in [0.05, 0.1) is 12.6 Å². The molecular formula is C21H41F2IN4O. The van der Waals surface area contributed by atoms with Crippen molar-refractivity contribution in [1.29, 1.82) is 0 Å². The van der Waals surface area contributed by atoms with Gasteiger partial charge in [-0.25, -0.2) is 8.78 Å². The number of guanidine groups is 1. The number of rotatable bonds is 10. The van der Waals surface area contributed by atoms with Gasteiger partial charge in [-0.3, -0.25) is 9.89 Å². The van der Waals surface area contributed by atoms with Gasteiger partial charge in [-0.05, 0) is 45.4 Å². The van der Waals surface area contributed by atoms with Gasteiger partial charge in [0, 0.05) is 38.8 Å². The standard InChI is InChI=1S/C21H40F2N4O.HI/c1-2-24-21(26-18-11-14-27(15-12-18)17-20(22)23)25-13-7-8-16-28-19-9-5-3-4-6-10-19;/h18-20H,2-17H2,1H3,(H2,24,25,26);1H. The maximum absolute atomic E-state index is 12.5. The molecule has 0 bridgehead atoms. The van der Waals surface area contributed by atoms with Gasteiger partial charge < -0.3 is 15.4 Å². The highest BCUT2D eigenvalue weighted by atomic mass is 127. The number of piperidine rings is 1. The molecule has 0 aromatic carbocycles. The summed E-state index contributed by atoms with van der Waals surface area (Å²) in [5.41, 5.74) is 0. The average Bonchev–Trinajstić information content (AvgIpc) is 2.94. The first-order valence-electron chi connectivity index (χ1n) is 11.3. The van der Waals surface area contributed by atoms with E-state index in [-0.39, 0.29) is 30.5 Å². The molecule has 0 atom stereocenters. The van der Waals surface area contributed by atoms with E-state index >= 15 is 0 Å². The van der Waals surface area contributed by atoms with Gasteiger partial charge in [0.25, 0.3) is 6.43 Å². The van der Waals surface area contributed by atoms with Crippen LogP contribution in [0, 0.1) is 0 Å². The lowest BCUT2D eigenvalue weighted by atomic mass is 10.1. The zero-order valence-electron chi connectivity index (χ0n) is 18.0. The van der Waals surface area contributed by atoms with Gasteiger partial charge in [-0.2, -0.15) is 0 Å². The van der Waals surface area contributed by atoms with Crippen molar-refractivity contribution in [2.45, 2.75) is 89.7 Å². The molecule has 1 saturated heterocycles. The van der Waals surface area contributed by atoms with Gasteiger partial charge in [0.15, 0.2) is 5.96 Å². The minimum absolute atomic E-state index is 0. The van der Waals surface area contributed by atoms with Gasteiger partial charge >= 0.3 is 0 Å².